The van der Waals surface area contributed by atoms with Gasteiger partial charge in [-0.15, -0.1) is 0 Å². The monoisotopic (exact) mass is 404 g/mol. The highest BCUT2D eigenvalue weighted by atomic mass is 16.5. The van der Waals surface area contributed by atoms with Gasteiger partial charge in [-0.2, -0.15) is 0 Å². The van der Waals surface area contributed by atoms with Crippen molar-refractivity contribution in [1.82, 2.24) is 5.32 Å². The Kier molecular flexibility index (Phi) is 7.07. The number of hydrogen-bond donors (Lipinski definition) is 2. The number of para-hydroxylation sites is 1. The molecule has 0 aliphatic carbocycles. The summed E-state index contributed by atoms with van der Waals surface area (Å²) in [7, 11) is 0. The van der Waals surface area contributed by atoms with Crippen molar-refractivity contribution in [2.45, 2.75) is 33.3 Å². The van der Waals surface area contributed by atoms with E-state index in [4.69, 9.17) is 4.74 Å². The molecule has 0 aliphatic rings. The van der Waals surface area contributed by atoms with Crippen molar-refractivity contribution < 1.29 is 14.3 Å². The second-order valence-electron chi connectivity index (χ2n) is 7.63. The average molecular weight is 405 g/mol. The van der Waals surface area contributed by atoms with Crippen molar-refractivity contribution in [3.63, 3.8) is 0 Å². The van der Waals surface area contributed by atoms with Crippen LogP contribution in [0.15, 0.2) is 66.7 Å². The van der Waals surface area contributed by atoms with E-state index in [9.17, 15) is 9.59 Å². The number of carbonyl (C=O) groups excluding carboxylic acids is 2. The first kappa shape index (κ1) is 21.4. The summed E-state index contributed by atoms with van der Waals surface area (Å²) in [6.07, 6.45) is -0.181. The highest BCUT2D eigenvalue weighted by Crippen LogP contribution is 2.27. The highest BCUT2D eigenvalue weighted by Gasteiger charge is 2.21. The van der Waals surface area contributed by atoms with Gasteiger partial charge in [0.05, 0.1) is 11.3 Å². The highest BCUT2D eigenvalue weighted by molar-refractivity contribution is 6.04. The van der Waals surface area contributed by atoms with Gasteiger partial charge in [0.2, 0.25) is 0 Å². The van der Waals surface area contributed by atoms with Gasteiger partial charge in [0, 0.05) is 11.9 Å². The van der Waals surface area contributed by atoms with Gasteiger partial charge in [0.15, 0.2) is 6.10 Å². The summed E-state index contributed by atoms with van der Waals surface area (Å²) in [6.45, 7) is 6.54. The van der Waals surface area contributed by atoms with Gasteiger partial charge >= 0.3 is 0 Å². The van der Waals surface area contributed by atoms with Gasteiger partial charge in [0.1, 0.15) is 5.75 Å². The maximum absolute atomic E-state index is 13.0. The fraction of sp³-hybridized carbons (Fsp3) is 0.280. The zero-order valence-corrected chi connectivity index (χ0v) is 17.6. The molecule has 5 nitrogen and oxygen atoms in total. The molecule has 2 amide bonds. The van der Waals surface area contributed by atoms with Gasteiger partial charge in [-0.3, -0.25) is 9.59 Å². The quantitative estimate of drug-likeness (QED) is 0.554. The van der Waals surface area contributed by atoms with Crippen LogP contribution in [0, 0.1) is 5.92 Å². The molecule has 5 heteroatoms. The SMILES string of the molecule is CCC(Oc1cccc2ccccc12)C(=O)Nc1ccccc1C(=O)NCC(C)C. The molecule has 0 saturated heterocycles. The van der Waals surface area contributed by atoms with E-state index >= 15 is 0 Å². The van der Waals surface area contributed by atoms with E-state index in [1.807, 2.05) is 63.2 Å². The molecule has 0 aliphatic heterocycles. The summed E-state index contributed by atoms with van der Waals surface area (Å²) >= 11 is 0. The lowest BCUT2D eigenvalue weighted by molar-refractivity contribution is -0.122. The summed E-state index contributed by atoms with van der Waals surface area (Å²) < 4.78 is 6.08. The van der Waals surface area contributed by atoms with E-state index in [1.165, 1.54) is 0 Å². The van der Waals surface area contributed by atoms with Crippen LogP contribution < -0.4 is 15.4 Å². The molecule has 0 radical (unpaired) electrons. The number of fused-ring (bicyclic) bond motifs is 1. The van der Waals surface area contributed by atoms with E-state index in [2.05, 4.69) is 10.6 Å². The van der Waals surface area contributed by atoms with Crippen molar-refractivity contribution >= 4 is 28.3 Å². The van der Waals surface area contributed by atoms with Crippen LogP contribution in [-0.4, -0.2) is 24.5 Å². The fourth-order valence-electron chi connectivity index (χ4n) is 3.17. The molecule has 0 aromatic heterocycles. The lowest BCUT2D eigenvalue weighted by atomic mass is 10.1. The summed E-state index contributed by atoms with van der Waals surface area (Å²) in [4.78, 5) is 25.5. The van der Waals surface area contributed by atoms with Crippen LogP contribution in [0.2, 0.25) is 0 Å². The van der Waals surface area contributed by atoms with Crippen LogP contribution in [0.3, 0.4) is 0 Å². The molecule has 1 unspecified atom stereocenters. The first-order valence-corrected chi connectivity index (χ1v) is 10.3. The number of anilines is 1. The van der Waals surface area contributed by atoms with Gasteiger partial charge < -0.3 is 15.4 Å². The second kappa shape index (κ2) is 9.92. The molecule has 2 N–H and O–H groups in total. The van der Waals surface area contributed by atoms with Crippen molar-refractivity contribution in [3.05, 3.63) is 72.3 Å². The summed E-state index contributed by atoms with van der Waals surface area (Å²) in [5.41, 5.74) is 0.912. The van der Waals surface area contributed by atoms with Crippen molar-refractivity contribution in [2.75, 3.05) is 11.9 Å². The zero-order chi connectivity index (χ0) is 21.5. The molecule has 0 saturated carbocycles. The standard InChI is InChI=1S/C25H28N2O3/c1-4-22(30-23-15-9-11-18-10-5-6-12-19(18)23)25(29)27-21-14-8-7-13-20(21)24(28)26-16-17(2)3/h5-15,17,22H,4,16H2,1-3H3,(H,26,28)(H,27,29). The van der Waals surface area contributed by atoms with Crippen LogP contribution in [0.1, 0.15) is 37.6 Å². The Morgan fingerprint density at radius 1 is 0.933 bits per heavy atom. The van der Waals surface area contributed by atoms with E-state index < -0.39 is 6.10 Å². The van der Waals surface area contributed by atoms with Crippen LogP contribution in [0.5, 0.6) is 5.75 Å². The van der Waals surface area contributed by atoms with Crippen LogP contribution in [-0.2, 0) is 4.79 Å². The number of ether oxygens (including phenoxy) is 1. The Labute approximate surface area is 177 Å². The molecule has 1 atom stereocenters. The van der Waals surface area contributed by atoms with E-state index in [0.717, 1.165) is 10.8 Å². The van der Waals surface area contributed by atoms with E-state index in [0.29, 0.717) is 35.9 Å². The summed E-state index contributed by atoms with van der Waals surface area (Å²) in [6, 6.07) is 20.7. The zero-order valence-electron chi connectivity index (χ0n) is 17.6. The predicted molar refractivity (Wildman–Crippen MR) is 121 cm³/mol. The Bertz CT molecular complexity index is 1020. The molecule has 0 fully saturated rings. The van der Waals surface area contributed by atoms with Gasteiger partial charge in [-0.1, -0.05) is 69.3 Å². The third-order valence-electron chi connectivity index (χ3n) is 4.78. The summed E-state index contributed by atoms with van der Waals surface area (Å²) in [5, 5.41) is 7.78. The molecular formula is C25H28N2O3. The van der Waals surface area contributed by atoms with Crippen molar-refractivity contribution in [3.8, 4) is 5.75 Å². The van der Waals surface area contributed by atoms with E-state index in [1.54, 1.807) is 24.3 Å². The van der Waals surface area contributed by atoms with Gasteiger partial charge in [-0.25, -0.2) is 0 Å². The number of carbonyl (C=O) groups is 2. The van der Waals surface area contributed by atoms with Crippen molar-refractivity contribution in [1.29, 1.82) is 0 Å². The number of rotatable bonds is 8. The maximum atomic E-state index is 13.0. The second-order valence-corrected chi connectivity index (χ2v) is 7.63. The maximum Gasteiger partial charge on any atom is 0.265 e. The third kappa shape index (κ3) is 5.17. The Morgan fingerprint density at radius 3 is 2.40 bits per heavy atom. The number of hydrogen-bond acceptors (Lipinski definition) is 3. The molecule has 30 heavy (non-hydrogen) atoms. The average Bonchev–Trinajstić information content (AvgIpc) is 2.76. The molecule has 3 rings (SSSR count). The predicted octanol–water partition coefficient (Wildman–Crippen LogP) is 5.02. The first-order valence-electron chi connectivity index (χ1n) is 10.3. The largest absolute Gasteiger partial charge is 0.480 e. The van der Waals surface area contributed by atoms with Crippen LogP contribution >= 0.6 is 0 Å². The number of benzene rings is 3. The molecule has 0 bridgehead atoms. The normalized spacial score (nSPS) is 11.9. The lowest BCUT2D eigenvalue weighted by Gasteiger charge is -2.19. The molecule has 156 valence electrons. The van der Waals surface area contributed by atoms with Gasteiger partial charge in [-0.05, 0) is 35.9 Å². The van der Waals surface area contributed by atoms with Crippen molar-refractivity contribution in [2.24, 2.45) is 5.92 Å². The first-order chi connectivity index (χ1) is 14.5. The van der Waals surface area contributed by atoms with Crippen LogP contribution in [0.25, 0.3) is 10.8 Å². The minimum absolute atomic E-state index is 0.206. The molecule has 3 aromatic carbocycles. The summed E-state index contributed by atoms with van der Waals surface area (Å²) in [5.74, 6) is 0.518. The van der Waals surface area contributed by atoms with Crippen LogP contribution in [0.4, 0.5) is 5.69 Å². The van der Waals surface area contributed by atoms with Gasteiger partial charge in [0.25, 0.3) is 11.8 Å². The molecule has 3 aromatic rings. The third-order valence-corrected chi connectivity index (χ3v) is 4.78. The smallest absolute Gasteiger partial charge is 0.265 e. The Hall–Kier alpha value is -3.34. The minimum atomic E-state index is -0.678. The molecular weight excluding hydrogens is 376 g/mol. The lowest BCUT2D eigenvalue weighted by Crippen LogP contribution is -2.34. The fourth-order valence-corrected chi connectivity index (χ4v) is 3.17. The number of nitrogens with one attached hydrogen (secondary N) is 2. The number of amides is 2. The molecule has 0 spiro atoms. The topological polar surface area (TPSA) is 67.4 Å². The Morgan fingerprint density at radius 2 is 1.63 bits per heavy atom. The minimum Gasteiger partial charge on any atom is -0.480 e. The Balaban J connectivity index is 1.77. The molecule has 0 heterocycles. The van der Waals surface area contributed by atoms with E-state index in [-0.39, 0.29) is 11.8 Å².